The van der Waals surface area contributed by atoms with E-state index in [4.69, 9.17) is 14.2 Å². The highest BCUT2D eigenvalue weighted by molar-refractivity contribution is 5.87. The highest BCUT2D eigenvalue weighted by Gasteiger charge is 2.09. The van der Waals surface area contributed by atoms with Gasteiger partial charge in [0.2, 0.25) is 0 Å². The number of nitrogens with zero attached hydrogens (tertiary/aromatic N) is 1. The van der Waals surface area contributed by atoms with E-state index in [-0.39, 0.29) is 12.6 Å². The van der Waals surface area contributed by atoms with Crippen molar-refractivity contribution >= 4 is 11.8 Å². The Morgan fingerprint density at radius 3 is 2.76 bits per heavy atom. The Bertz CT molecular complexity index is 424. The van der Waals surface area contributed by atoms with Crippen molar-refractivity contribution in [3.8, 4) is 0 Å². The van der Waals surface area contributed by atoms with E-state index in [1.807, 2.05) is 19.9 Å². The lowest BCUT2D eigenvalue weighted by atomic mass is 10.3. The average Bonchev–Trinajstić information content (AvgIpc) is 2.45. The topological polar surface area (TPSA) is 69.7 Å². The summed E-state index contributed by atoms with van der Waals surface area (Å²) in [5.74, 6) is 0.221. The fraction of sp³-hybridized carbons (Fsp3) is 0.600. The van der Waals surface area contributed by atoms with Crippen molar-refractivity contribution in [3.63, 3.8) is 0 Å². The van der Waals surface area contributed by atoms with Crippen molar-refractivity contribution in [2.45, 2.75) is 26.3 Å². The third kappa shape index (κ3) is 7.63. The fourth-order valence-corrected chi connectivity index (χ4v) is 1.60. The number of nitrogens with one attached hydrogen (secondary N) is 1. The van der Waals surface area contributed by atoms with Crippen LogP contribution in [0.2, 0.25) is 0 Å². The zero-order valence-electron chi connectivity index (χ0n) is 12.9. The van der Waals surface area contributed by atoms with E-state index in [1.165, 1.54) is 0 Å². The predicted molar refractivity (Wildman–Crippen MR) is 80.6 cm³/mol. The number of pyridine rings is 1. The van der Waals surface area contributed by atoms with Crippen molar-refractivity contribution in [1.82, 2.24) is 4.98 Å². The molecular weight excluding hydrogens is 272 g/mol. The summed E-state index contributed by atoms with van der Waals surface area (Å²) in [5, 5.41) is 3.14. The van der Waals surface area contributed by atoms with Crippen molar-refractivity contribution in [1.29, 1.82) is 0 Å². The molecule has 0 saturated carbocycles. The van der Waals surface area contributed by atoms with Gasteiger partial charge >= 0.3 is 5.97 Å². The normalized spacial score (nSPS) is 10.7. The van der Waals surface area contributed by atoms with Crippen LogP contribution in [0.3, 0.4) is 0 Å². The van der Waals surface area contributed by atoms with Gasteiger partial charge in [-0.2, -0.15) is 0 Å². The molecule has 0 spiro atoms. The lowest BCUT2D eigenvalue weighted by molar-refractivity contribution is 0.0283. The summed E-state index contributed by atoms with van der Waals surface area (Å²) < 4.78 is 15.3. The second-order valence-corrected chi connectivity index (χ2v) is 4.80. The summed E-state index contributed by atoms with van der Waals surface area (Å²) in [5.41, 5.74) is 0.292. The number of carbonyl (C=O) groups is 1. The van der Waals surface area contributed by atoms with Gasteiger partial charge in [0.25, 0.3) is 0 Å². The van der Waals surface area contributed by atoms with Gasteiger partial charge in [0.15, 0.2) is 5.69 Å². The van der Waals surface area contributed by atoms with Crippen LogP contribution in [0, 0.1) is 0 Å². The minimum absolute atomic E-state index is 0.218. The molecule has 0 bridgehead atoms. The van der Waals surface area contributed by atoms with Gasteiger partial charge in [-0.1, -0.05) is 6.07 Å². The molecule has 6 heteroatoms. The van der Waals surface area contributed by atoms with Gasteiger partial charge in [0.1, 0.15) is 12.4 Å². The predicted octanol–water partition coefficient (Wildman–Crippen LogP) is 2.11. The van der Waals surface area contributed by atoms with E-state index in [0.29, 0.717) is 31.3 Å². The maximum absolute atomic E-state index is 11.8. The van der Waals surface area contributed by atoms with E-state index in [9.17, 15) is 4.79 Å². The average molecular weight is 296 g/mol. The fourth-order valence-electron chi connectivity index (χ4n) is 1.60. The molecule has 0 aliphatic rings. The maximum atomic E-state index is 11.8. The van der Waals surface area contributed by atoms with Crippen molar-refractivity contribution in [3.05, 3.63) is 23.9 Å². The third-order valence-corrected chi connectivity index (χ3v) is 2.49. The number of carbonyl (C=O) groups excluding carboxylic acids is 1. The molecule has 0 radical (unpaired) electrons. The van der Waals surface area contributed by atoms with Crippen LogP contribution in [0.4, 0.5) is 5.82 Å². The number of methoxy groups -OCH3 is 1. The van der Waals surface area contributed by atoms with Gasteiger partial charge in [-0.3, -0.25) is 0 Å². The molecule has 0 unspecified atom stereocenters. The van der Waals surface area contributed by atoms with Crippen LogP contribution in [-0.2, 0) is 14.2 Å². The van der Waals surface area contributed by atoms with Crippen molar-refractivity contribution < 1.29 is 19.0 Å². The number of esters is 1. The van der Waals surface area contributed by atoms with Crippen LogP contribution in [0.15, 0.2) is 18.2 Å². The van der Waals surface area contributed by atoms with E-state index in [0.717, 1.165) is 6.42 Å². The molecule has 6 nitrogen and oxygen atoms in total. The number of rotatable bonds is 10. The molecule has 0 amide bonds. The molecule has 21 heavy (non-hydrogen) atoms. The lowest BCUT2D eigenvalue weighted by Crippen LogP contribution is -2.15. The summed E-state index contributed by atoms with van der Waals surface area (Å²) in [4.78, 5) is 16.0. The van der Waals surface area contributed by atoms with E-state index < -0.39 is 5.97 Å². The Labute approximate surface area is 125 Å². The number of anilines is 1. The van der Waals surface area contributed by atoms with Crippen LogP contribution in [-0.4, -0.2) is 50.5 Å². The number of hydrogen-bond donors (Lipinski definition) is 1. The van der Waals surface area contributed by atoms with E-state index in [2.05, 4.69) is 10.3 Å². The molecule has 0 fully saturated rings. The Kier molecular flexibility index (Phi) is 8.38. The van der Waals surface area contributed by atoms with Crippen molar-refractivity contribution in [2.24, 2.45) is 0 Å². The first kappa shape index (κ1) is 17.4. The highest BCUT2D eigenvalue weighted by atomic mass is 16.6. The molecule has 118 valence electrons. The summed E-state index contributed by atoms with van der Waals surface area (Å²) in [6.07, 6.45) is 0.828. The van der Waals surface area contributed by atoms with Crippen molar-refractivity contribution in [2.75, 3.05) is 38.9 Å². The molecule has 0 atom stereocenters. The molecule has 1 aromatic heterocycles. The first-order valence-electron chi connectivity index (χ1n) is 7.11. The summed E-state index contributed by atoms with van der Waals surface area (Å²) >= 11 is 0. The Balaban J connectivity index is 2.28. The first-order valence-corrected chi connectivity index (χ1v) is 7.11. The van der Waals surface area contributed by atoms with Crippen LogP contribution in [0.1, 0.15) is 30.8 Å². The molecule has 0 aliphatic carbocycles. The Hall–Kier alpha value is -1.66. The summed E-state index contributed by atoms with van der Waals surface area (Å²) in [6, 6.07) is 5.47. The molecule has 1 rings (SSSR count). The van der Waals surface area contributed by atoms with Gasteiger partial charge in [-0.25, -0.2) is 9.78 Å². The zero-order valence-corrected chi connectivity index (χ0v) is 12.9. The molecule has 1 aromatic rings. The van der Waals surface area contributed by atoms with E-state index in [1.54, 1.807) is 19.2 Å². The number of ether oxygens (including phenoxy) is 3. The van der Waals surface area contributed by atoms with Crippen LogP contribution in [0.5, 0.6) is 0 Å². The second kappa shape index (κ2) is 10.1. The van der Waals surface area contributed by atoms with Gasteiger partial charge in [0.05, 0.1) is 6.61 Å². The summed E-state index contributed by atoms with van der Waals surface area (Å²) in [7, 11) is 1.65. The van der Waals surface area contributed by atoms with Crippen LogP contribution < -0.4 is 5.32 Å². The number of aromatic nitrogens is 1. The molecule has 0 aromatic carbocycles. The van der Waals surface area contributed by atoms with Gasteiger partial charge in [-0.05, 0) is 32.4 Å². The molecule has 0 saturated heterocycles. The Morgan fingerprint density at radius 2 is 2.05 bits per heavy atom. The molecule has 1 N–H and O–H groups in total. The standard InChI is InChI=1S/C15H24N2O4/c1-12(2)16-14-7-4-6-13(17-14)15(18)21-11-10-20-9-5-8-19-3/h4,6-7,12H,5,8-11H2,1-3H3,(H,16,17). The van der Waals surface area contributed by atoms with Gasteiger partial charge in [0, 0.05) is 26.4 Å². The van der Waals surface area contributed by atoms with E-state index >= 15 is 0 Å². The maximum Gasteiger partial charge on any atom is 0.357 e. The zero-order chi connectivity index (χ0) is 15.5. The highest BCUT2D eigenvalue weighted by Crippen LogP contribution is 2.07. The first-order chi connectivity index (χ1) is 10.1. The molecular formula is C15H24N2O4. The Morgan fingerprint density at radius 1 is 1.24 bits per heavy atom. The third-order valence-electron chi connectivity index (χ3n) is 2.49. The lowest BCUT2D eigenvalue weighted by Gasteiger charge is -2.10. The molecule has 0 aliphatic heterocycles. The van der Waals surface area contributed by atoms with Crippen LogP contribution >= 0.6 is 0 Å². The van der Waals surface area contributed by atoms with Gasteiger partial charge in [-0.15, -0.1) is 0 Å². The largest absolute Gasteiger partial charge is 0.459 e. The monoisotopic (exact) mass is 296 g/mol. The smallest absolute Gasteiger partial charge is 0.357 e. The van der Waals surface area contributed by atoms with Gasteiger partial charge < -0.3 is 19.5 Å². The number of hydrogen-bond acceptors (Lipinski definition) is 6. The minimum Gasteiger partial charge on any atom is -0.459 e. The SMILES string of the molecule is COCCCOCCOC(=O)c1cccc(NC(C)C)n1. The summed E-state index contributed by atoms with van der Waals surface area (Å²) in [6.45, 7) is 5.87. The van der Waals surface area contributed by atoms with Crippen LogP contribution in [0.25, 0.3) is 0 Å². The minimum atomic E-state index is -0.442. The quantitative estimate of drug-likeness (QED) is 0.527. The second-order valence-electron chi connectivity index (χ2n) is 4.80. The molecule has 1 heterocycles.